The van der Waals surface area contributed by atoms with E-state index in [9.17, 15) is 0 Å². The zero-order valence-electron chi connectivity index (χ0n) is 11.4. The van der Waals surface area contributed by atoms with Crippen molar-refractivity contribution in [1.29, 1.82) is 0 Å². The van der Waals surface area contributed by atoms with E-state index in [1.165, 1.54) is 70.0 Å². The minimum atomic E-state index is 0.777. The molecule has 0 aliphatic heterocycles. The molecule has 0 bridgehead atoms. The van der Waals surface area contributed by atoms with Crippen molar-refractivity contribution in [3.8, 4) is 0 Å². The predicted octanol–water partition coefficient (Wildman–Crippen LogP) is 4.22. The zero-order valence-corrected chi connectivity index (χ0v) is 12.2. The highest BCUT2D eigenvalue weighted by Crippen LogP contribution is 2.32. The highest BCUT2D eigenvalue weighted by molar-refractivity contribution is 7.99. The molecule has 1 atom stereocenters. The van der Waals surface area contributed by atoms with Gasteiger partial charge in [0.2, 0.25) is 0 Å². The van der Waals surface area contributed by atoms with Crippen LogP contribution in [0.2, 0.25) is 0 Å². The molecular weight excluding hydrogens is 226 g/mol. The second kappa shape index (κ2) is 7.68. The van der Waals surface area contributed by atoms with E-state index in [1.54, 1.807) is 0 Å². The van der Waals surface area contributed by atoms with E-state index in [4.69, 9.17) is 0 Å². The Labute approximate surface area is 112 Å². The highest BCUT2D eigenvalue weighted by atomic mass is 32.2. The van der Waals surface area contributed by atoms with Crippen LogP contribution in [0, 0.1) is 5.92 Å². The third kappa shape index (κ3) is 4.48. The highest BCUT2D eigenvalue weighted by Gasteiger charge is 2.23. The smallest absolute Gasteiger partial charge is 0.0183 e. The predicted molar refractivity (Wildman–Crippen MR) is 78.8 cm³/mol. The molecule has 2 rings (SSSR count). The molecule has 2 fully saturated rings. The lowest BCUT2D eigenvalue weighted by Gasteiger charge is -2.26. The Bertz CT molecular complexity index is 193. The molecule has 0 radical (unpaired) electrons. The molecule has 1 nitrogen and oxygen atoms in total. The molecule has 0 aromatic heterocycles. The van der Waals surface area contributed by atoms with Crippen molar-refractivity contribution in [2.24, 2.45) is 5.92 Å². The second-order valence-corrected chi connectivity index (χ2v) is 7.22. The van der Waals surface area contributed by atoms with Gasteiger partial charge in [-0.3, -0.25) is 0 Å². The molecular formula is C15H29NS. The maximum atomic E-state index is 3.60. The third-order valence-corrected chi connectivity index (χ3v) is 6.15. The molecule has 2 aliphatic rings. The quantitative estimate of drug-likeness (QED) is 0.738. The van der Waals surface area contributed by atoms with Crippen LogP contribution >= 0.6 is 11.8 Å². The van der Waals surface area contributed by atoms with Gasteiger partial charge in [-0.1, -0.05) is 38.5 Å². The summed E-state index contributed by atoms with van der Waals surface area (Å²) in [6.07, 6.45) is 14.7. The van der Waals surface area contributed by atoms with Gasteiger partial charge in [-0.2, -0.15) is 11.8 Å². The van der Waals surface area contributed by atoms with E-state index >= 15 is 0 Å². The number of hydrogen-bond acceptors (Lipinski definition) is 2. The molecule has 100 valence electrons. The van der Waals surface area contributed by atoms with Gasteiger partial charge in [0.05, 0.1) is 0 Å². The lowest BCUT2D eigenvalue weighted by molar-refractivity contribution is 0.358. The lowest BCUT2D eigenvalue weighted by atomic mass is 9.93. The maximum Gasteiger partial charge on any atom is 0.0183 e. The average molecular weight is 255 g/mol. The Balaban J connectivity index is 1.73. The molecule has 0 saturated heterocycles. The molecule has 0 aromatic rings. The van der Waals surface area contributed by atoms with Gasteiger partial charge in [0.1, 0.15) is 0 Å². The maximum absolute atomic E-state index is 3.60. The minimum absolute atomic E-state index is 0.777. The molecule has 2 heteroatoms. The van der Waals surface area contributed by atoms with E-state index in [0.717, 1.165) is 17.2 Å². The Morgan fingerprint density at radius 2 is 1.53 bits per heavy atom. The first-order valence-electron chi connectivity index (χ1n) is 7.69. The molecule has 2 aliphatic carbocycles. The molecule has 0 aromatic carbocycles. The normalized spacial score (nSPS) is 25.9. The first kappa shape index (κ1) is 13.7. The number of thioether (sulfide) groups is 1. The molecule has 0 amide bonds. The Morgan fingerprint density at radius 3 is 2.12 bits per heavy atom. The summed E-state index contributed by atoms with van der Waals surface area (Å²) < 4.78 is 0. The van der Waals surface area contributed by atoms with Gasteiger partial charge < -0.3 is 5.32 Å². The van der Waals surface area contributed by atoms with Crippen molar-refractivity contribution in [2.45, 2.75) is 75.5 Å². The Kier molecular flexibility index (Phi) is 6.21. The molecule has 0 heterocycles. The summed E-state index contributed by atoms with van der Waals surface area (Å²) in [6, 6.07) is 0.777. The van der Waals surface area contributed by atoms with Crippen LogP contribution in [0.1, 0.15) is 64.2 Å². The summed E-state index contributed by atoms with van der Waals surface area (Å²) in [5.74, 6) is 2.31. The van der Waals surface area contributed by atoms with E-state index in [2.05, 4.69) is 24.1 Å². The van der Waals surface area contributed by atoms with Crippen molar-refractivity contribution in [3.63, 3.8) is 0 Å². The largest absolute Gasteiger partial charge is 0.316 e. The lowest BCUT2D eigenvalue weighted by Crippen LogP contribution is -2.36. The van der Waals surface area contributed by atoms with Crippen LogP contribution in [0.4, 0.5) is 0 Å². The van der Waals surface area contributed by atoms with Crippen LogP contribution < -0.4 is 5.32 Å². The van der Waals surface area contributed by atoms with Crippen molar-refractivity contribution < 1.29 is 0 Å². The number of hydrogen-bond donors (Lipinski definition) is 1. The molecule has 2 saturated carbocycles. The number of rotatable bonds is 5. The first-order valence-corrected chi connectivity index (χ1v) is 8.74. The van der Waals surface area contributed by atoms with Crippen LogP contribution in [-0.4, -0.2) is 24.1 Å². The standard InChI is InChI=1S/C15H29NS/c1-16-15(12-17-14-10-6-7-11-14)13-8-4-2-3-5-9-13/h13-16H,2-12H2,1H3. The second-order valence-electron chi connectivity index (χ2n) is 5.89. The van der Waals surface area contributed by atoms with Gasteiger partial charge in [0.25, 0.3) is 0 Å². The van der Waals surface area contributed by atoms with Crippen molar-refractivity contribution >= 4 is 11.8 Å². The van der Waals surface area contributed by atoms with Crippen LogP contribution in [0.3, 0.4) is 0 Å². The van der Waals surface area contributed by atoms with Crippen molar-refractivity contribution in [3.05, 3.63) is 0 Å². The van der Waals surface area contributed by atoms with Gasteiger partial charge in [-0.05, 0) is 38.6 Å². The SMILES string of the molecule is CNC(CSC1CCCC1)C1CCCCCC1. The number of nitrogens with one attached hydrogen (secondary N) is 1. The molecule has 0 spiro atoms. The van der Waals surface area contributed by atoms with Gasteiger partial charge in [-0.15, -0.1) is 0 Å². The molecule has 17 heavy (non-hydrogen) atoms. The fourth-order valence-electron chi connectivity index (χ4n) is 3.46. The Morgan fingerprint density at radius 1 is 0.941 bits per heavy atom. The minimum Gasteiger partial charge on any atom is -0.316 e. The molecule has 1 N–H and O–H groups in total. The summed E-state index contributed by atoms with van der Waals surface area (Å²) in [5.41, 5.74) is 0. The van der Waals surface area contributed by atoms with Gasteiger partial charge in [0, 0.05) is 17.0 Å². The summed E-state index contributed by atoms with van der Waals surface area (Å²) in [4.78, 5) is 0. The van der Waals surface area contributed by atoms with Gasteiger partial charge in [-0.25, -0.2) is 0 Å². The van der Waals surface area contributed by atoms with Crippen LogP contribution in [0.15, 0.2) is 0 Å². The summed E-state index contributed by atoms with van der Waals surface area (Å²) in [6.45, 7) is 0. The van der Waals surface area contributed by atoms with Crippen molar-refractivity contribution in [2.75, 3.05) is 12.8 Å². The van der Waals surface area contributed by atoms with E-state index in [0.29, 0.717) is 0 Å². The third-order valence-electron chi connectivity index (χ3n) is 4.65. The average Bonchev–Trinajstić information content (AvgIpc) is 2.72. The van der Waals surface area contributed by atoms with Crippen molar-refractivity contribution in [1.82, 2.24) is 5.32 Å². The van der Waals surface area contributed by atoms with E-state index < -0.39 is 0 Å². The van der Waals surface area contributed by atoms with Crippen LogP contribution in [-0.2, 0) is 0 Å². The van der Waals surface area contributed by atoms with Crippen LogP contribution in [0.5, 0.6) is 0 Å². The topological polar surface area (TPSA) is 12.0 Å². The zero-order chi connectivity index (χ0) is 11.9. The fraction of sp³-hybridized carbons (Fsp3) is 1.00. The van der Waals surface area contributed by atoms with E-state index in [-0.39, 0.29) is 0 Å². The summed E-state index contributed by atoms with van der Waals surface area (Å²) in [7, 11) is 2.17. The van der Waals surface area contributed by atoms with E-state index in [1.807, 2.05) is 0 Å². The molecule has 1 unspecified atom stereocenters. The summed E-state index contributed by atoms with van der Waals surface area (Å²) in [5, 5.41) is 4.59. The van der Waals surface area contributed by atoms with Gasteiger partial charge in [0.15, 0.2) is 0 Å². The summed E-state index contributed by atoms with van der Waals surface area (Å²) >= 11 is 2.25. The first-order chi connectivity index (χ1) is 8.40. The fourth-order valence-corrected chi connectivity index (χ4v) is 5.05. The monoisotopic (exact) mass is 255 g/mol. The van der Waals surface area contributed by atoms with Crippen LogP contribution in [0.25, 0.3) is 0 Å². The Hall–Kier alpha value is 0.310. The van der Waals surface area contributed by atoms with Gasteiger partial charge >= 0.3 is 0 Å².